The number of morpholine rings is 1. The number of carbonyl (C=O) groups is 1. The zero-order chi connectivity index (χ0) is 21.8. The second kappa shape index (κ2) is 12.9. The molecule has 1 aromatic rings. The lowest BCUT2D eigenvalue weighted by atomic mass is 10.0. The van der Waals surface area contributed by atoms with E-state index in [0.29, 0.717) is 43.8 Å². The second-order valence-corrected chi connectivity index (χ2v) is 6.94. The van der Waals surface area contributed by atoms with Crippen molar-refractivity contribution < 1.29 is 19.0 Å². The van der Waals surface area contributed by atoms with Crippen LogP contribution in [0.15, 0.2) is 23.2 Å². The van der Waals surface area contributed by atoms with E-state index in [1.165, 1.54) is 0 Å². The molecule has 1 fully saturated rings. The van der Waals surface area contributed by atoms with Gasteiger partial charge in [-0.2, -0.15) is 0 Å². The average Bonchev–Trinajstić information content (AvgIpc) is 2.80. The van der Waals surface area contributed by atoms with E-state index in [-0.39, 0.29) is 18.5 Å². The van der Waals surface area contributed by atoms with E-state index in [0.717, 1.165) is 25.1 Å². The van der Waals surface area contributed by atoms with Crippen LogP contribution in [0.4, 0.5) is 0 Å². The smallest absolute Gasteiger partial charge is 0.239 e. The third-order valence-electron chi connectivity index (χ3n) is 4.95. The summed E-state index contributed by atoms with van der Waals surface area (Å²) in [6.45, 7) is 6.57. The Kier molecular flexibility index (Phi) is 10.2. The van der Waals surface area contributed by atoms with Gasteiger partial charge in [0.15, 0.2) is 17.5 Å². The summed E-state index contributed by atoms with van der Waals surface area (Å²) in [6.07, 6.45) is 0.908. The third kappa shape index (κ3) is 7.07. The highest BCUT2D eigenvalue weighted by Crippen LogP contribution is 2.32. The van der Waals surface area contributed by atoms with Gasteiger partial charge in [0, 0.05) is 33.2 Å². The number of ether oxygens (including phenoxy) is 3. The molecule has 0 saturated carbocycles. The number of aliphatic imine (C=N–C) groups is 1. The minimum absolute atomic E-state index is 0.0515. The largest absolute Gasteiger partial charge is 0.493 e. The van der Waals surface area contributed by atoms with E-state index >= 15 is 0 Å². The SMILES string of the molecule is CCCNC(=O)CNC(=NC)NCC(c1ccc(OC)c(OC)c1)N1CCOCC1. The van der Waals surface area contributed by atoms with Gasteiger partial charge < -0.3 is 30.2 Å². The van der Waals surface area contributed by atoms with Crippen LogP contribution in [-0.4, -0.2) is 84.0 Å². The first-order chi connectivity index (χ1) is 14.6. The summed E-state index contributed by atoms with van der Waals surface area (Å²) in [5, 5.41) is 9.26. The van der Waals surface area contributed by atoms with Gasteiger partial charge in [0.05, 0.1) is 40.0 Å². The van der Waals surface area contributed by atoms with Crippen LogP contribution < -0.4 is 25.4 Å². The van der Waals surface area contributed by atoms with E-state index < -0.39 is 0 Å². The molecule has 168 valence electrons. The van der Waals surface area contributed by atoms with Crippen LogP contribution in [0.1, 0.15) is 24.9 Å². The number of rotatable bonds is 10. The first kappa shape index (κ1) is 23.8. The van der Waals surface area contributed by atoms with E-state index in [1.807, 2.05) is 19.1 Å². The lowest BCUT2D eigenvalue weighted by Crippen LogP contribution is -2.48. The molecule has 1 aromatic carbocycles. The van der Waals surface area contributed by atoms with Crippen molar-refractivity contribution in [3.63, 3.8) is 0 Å². The van der Waals surface area contributed by atoms with E-state index in [1.54, 1.807) is 21.3 Å². The van der Waals surface area contributed by atoms with Crippen molar-refractivity contribution in [2.24, 2.45) is 4.99 Å². The molecule has 9 nitrogen and oxygen atoms in total. The Labute approximate surface area is 179 Å². The van der Waals surface area contributed by atoms with Crippen LogP contribution in [-0.2, 0) is 9.53 Å². The number of carbonyl (C=O) groups excluding carboxylic acids is 1. The van der Waals surface area contributed by atoms with Crippen molar-refractivity contribution in [2.45, 2.75) is 19.4 Å². The molecule has 1 aliphatic rings. The number of nitrogens with one attached hydrogen (secondary N) is 3. The highest BCUT2D eigenvalue weighted by molar-refractivity contribution is 5.86. The number of hydrogen-bond donors (Lipinski definition) is 3. The Morgan fingerprint density at radius 3 is 2.53 bits per heavy atom. The first-order valence-electron chi connectivity index (χ1n) is 10.4. The van der Waals surface area contributed by atoms with E-state index in [9.17, 15) is 4.79 Å². The van der Waals surface area contributed by atoms with Crippen molar-refractivity contribution >= 4 is 11.9 Å². The van der Waals surface area contributed by atoms with Crippen molar-refractivity contribution in [2.75, 3.05) is 67.2 Å². The van der Waals surface area contributed by atoms with Gasteiger partial charge in [-0.1, -0.05) is 13.0 Å². The number of benzene rings is 1. The van der Waals surface area contributed by atoms with Gasteiger partial charge in [0.2, 0.25) is 5.91 Å². The Morgan fingerprint density at radius 1 is 1.17 bits per heavy atom. The maximum atomic E-state index is 11.9. The quantitative estimate of drug-likeness (QED) is 0.379. The fourth-order valence-corrected chi connectivity index (χ4v) is 3.31. The van der Waals surface area contributed by atoms with Gasteiger partial charge in [-0.15, -0.1) is 0 Å². The summed E-state index contributed by atoms with van der Waals surface area (Å²) >= 11 is 0. The molecule has 1 saturated heterocycles. The maximum Gasteiger partial charge on any atom is 0.239 e. The summed E-state index contributed by atoms with van der Waals surface area (Å²) in [7, 11) is 4.96. The summed E-state index contributed by atoms with van der Waals surface area (Å²) < 4.78 is 16.4. The molecule has 1 amide bonds. The summed E-state index contributed by atoms with van der Waals surface area (Å²) in [5.41, 5.74) is 1.11. The first-order valence-corrected chi connectivity index (χ1v) is 10.4. The molecule has 1 atom stereocenters. The number of hydrogen-bond acceptors (Lipinski definition) is 6. The Bertz CT molecular complexity index is 692. The monoisotopic (exact) mass is 421 g/mol. The molecule has 30 heavy (non-hydrogen) atoms. The molecule has 0 bridgehead atoms. The number of guanidine groups is 1. The van der Waals surface area contributed by atoms with Crippen LogP contribution in [0, 0.1) is 0 Å². The van der Waals surface area contributed by atoms with Crippen molar-refractivity contribution in [3.8, 4) is 11.5 Å². The molecule has 0 radical (unpaired) electrons. The van der Waals surface area contributed by atoms with E-state index in [4.69, 9.17) is 14.2 Å². The van der Waals surface area contributed by atoms with Crippen LogP contribution in [0.5, 0.6) is 11.5 Å². The molecule has 1 unspecified atom stereocenters. The van der Waals surface area contributed by atoms with Gasteiger partial charge in [0.25, 0.3) is 0 Å². The lowest BCUT2D eigenvalue weighted by molar-refractivity contribution is -0.120. The minimum Gasteiger partial charge on any atom is -0.493 e. The third-order valence-corrected chi connectivity index (χ3v) is 4.95. The van der Waals surface area contributed by atoms with Crippen LogP contribution >= 0.6 is 0 Å². The van der Waals surface area contributed by atoms with Crippen molar-refractivity contribution in [1.29, 1.82) is 0 Å². The summed E-state index contributed by atoms with van der Waals surface area (Å²) in [5.74, 6) is 1.93. The predicted octanol–water partition coefficient (Wildman–Crippen LogP) is 0.768. The maximum absolute atomic E-state index is 11.9. The van der Waals surface area contributed by atoms with Gasteiger partial charge >= 0.3 is 0 Å². The van der Waals surface area contributed by atoms with Gasteiger partial charge in [-0.25, -0.2) is 0 Å². The van der Waals surface area contributed by atoms with Gasteiger partial charge in [-0.05, 0) is 24.1 Å². The van der Waals surface area contributed by atoms with Gasteiger partial charge in [0.1, 0.15) is 0 Å². The molecule has 2 rings (SSSR count). The Morgan fingerprint density at radius 2 is 1.90 bits per heavy atom. The summed E-state index contributed by atoms with van der Waals surface area (Å²) in [6, 6.07) is 6.07. The fourth-order valence-electron chi connectivity index (χ4n) is 3.31. The minimum atomic E-state index is -0.0515. The molecule has 0 spiro atoms. The second-order valence-electron chi connectivity index (χ2n) is 6.94. The molecule has 0 aromatic heterocycles. The van der Waals surface area contributed by atoms with Crippen LogP contribution in [0.2, 0.25) is 0 Å². The molecule has 1 heterocycles. The Balaban J connectivity index is 2.07. The molecule has 3 N–H and O–H groups in total. The van der Waals surface area contributed by atoms with Gasteiger partial charge in [-0.3, -0.25) is 14.7 Å². The van der Waals surface area contributed by atoms with Crippen LogP contribution in [0.25, 0.3) is 0 Å². The fraction of sp³-hybridized carbons (Fsp3) is 0.619. The number of methoxy groups -OCH3 is 2. The predicted molar refractivity (Wildman–Crippen MR) is 117 cm³/mol. The molecular formula is C21H35N5O4. The standard InChI is InChI=1S/C21H35N5O4/c1-5-8-23-20(27)15-25-21(22-2)24-14-17(26-9-11-30-12-10-26)16-6-7-18(28-3)19(13-16)29-4/h6-7,13,17H,5,8-12,14-15H2,1-4H3,(H,23,27)(H2,22,24,25). The zero-order valence-electron chi connectivity index (χ0n) is 18.5. The molecule has 1 aliphatic heterocycles. The lowest BCUT2D eigenvalue weighted by Gasteiger charge is -2.35. The van der Waals surface area contributed by atoms with Crippen molar-refractivity contribution in [3.05, 3.63) is 23.8 Å². The molecule has 0 aliphatic carbocycles. The topological polar surface area (TPSA) is 96.5 Å². The number of nitrogens with zero attached hydrogens (tertiary/aromatic N) is 2. The highest BCUT2D eigenvalue weighted by atomic mass is 16.5. The number of amides is 1. The highest BCUT2D eigenvalue weighted by Gasteiger charge is 2.24. The molecule has 9 heteroatoms. The average molecular weight is 422 g/mol. The van der Waals surface area contributed by atoms with Crippen molar-refractivity contribution in [1.82, 2.24) is 20.9 Å². The van der Waals surface area contributed by atoms with E-state index in [2.05, 4.69) is 31.9 Å². The van der Waals surface area contributed by atoms with Crippen LogP contribution in [0.3, 0.4) is 0 Å². The zero-order valence-corrected chi connectivity index (χ0v) is 18.5. The summed E-state index contributed by atoms with van der Waals surface area (Å²) in [4.78, 5) is 18.5. The normalized spacial score (nSPS) is 15.9. The molecular weight excluding hydrogens is 386 g/mol. The Hall–Kier alpha value is -2.52.